The van der Waals surface area contributed by atoms with Gasteiger partial charge in [0.1, 0.15) is 29.4 Å². The maximum atomic E-state index is 9.96. The zero-order chi connectivity index (χ0) is 22.1. The zero-order valence-electron chi connectivity index (χ0n) is 17.5. The molecule has 8 nitrogen and oxygen atoms in total. The molecule has 5 atom stereocenters. The molecular formula is C22H27N3O5S. The molecule has 0 unspecified atom stereocenters. The van der Waals surface area contributed by atoms with Gasteiger partial charge in [0.05, 0.1) is 33.0 Å². The van der Waals surface area contributed by atoms with Crippen molar-refractivity contribution < 1.29 is 24.1 Å². The van der Waals surface area contributed by atoms with Crippen molar-refractivity contribution in [2.24, 2.45) is 5.11 Å². The zero-order valence-corrected chi connectivity index (χ0v) is 18.4. The molecule has 166 valence electrons. The SMILES string of the molecule is COc1ccc(CO[C@@H]2[C@@H](N=[N+]=[N-])[C@H](SC)O[C@H](CO)[C@H]2OCc2ccccc2)cc1. The molecule has 0 bridgehead atoms. The second kappa shape index (κ2) is 12.0. The Hall–Kier alpha value is -2.26. The molecule has 0 amide bonds. The Morgan fingerprint density at radius 3 is 2.26 bits per heavy atom. The van der Waals surface area contributed by atoms with Crippen molar-refractivity contribution in [1.82, 2.24) is 0 Å². The highest BCUT2D eigenvalue weighted by atomic mass is 32.2. The molecule has 0 aromatic heterocycles. The lowest BCUT2D eigenvalue weighted by molar-refractivity contribution is -0.206. The highest BCUT2D eigenvalue weighted by Gasteiger charge is 2.46. The minimum Gasteiger partial charge on any atom is -0.497 e. The lowest BCUT2D eigenvalue weighted by Crippen LogP contribution is -2.58. The van der Waals surface area contributed by atoms with Gasteiger partial charge in [0, 0.05) is 4.91 Å². The molecule has 9 heteroatoms. The Kier molecular flexibility index (Phi) is 9.02. The summed E-state index contributed by atoms with van der Waals surface area (Å²) < 4.78 is 23.6. The van der Waals surface area contributed by atoms with E-state index in [0.29, 0.717) is 6.61 Å². The summed E-state index contributed by atoms with van der Waals surface area (Å²) in [6.45, 7) is 0.374. The van der Waals surface area contributed by atoms with Crippen LogP contribution in [0.4, 0.5) is 0 Å². The molecule has 1 fully saturated rings. The van der Waals surface area contributed by atoms with Crippen LogP contribution in [0.3, 0.4) is 0 Å². The summed E-state index contributed by atoms with van der Waals surface area (Å²) >= 11 is 1.41. The number of azide groups is 1. The number of rotatable bonds is 10. The summed E-state index contributed by atoms with van der Waals surface area (Å²) in [5, 5.41) is 13.9. The third-order valence-electron chi connectivity index (χ3n) is 5.10. The van der Waals surface area contributed by atoms with Crippen LogP contribution in [0.5, 0.6) is 5.75 Å². The van der Waals surface area contributed by atoms with E-state index in [1.165, 1.54) is 11.8 Å². The highest BCUT2D eigenvalue weighted by Crippen LogP contribution is 2.33. The Balaban J connectivity index is 1.81. The summed E-state index contributed by atoms with van der Waals surface area (Å²) in [6.07, 6.45) is 0.0598. The van der Waals surface area contributed by atoms with Crippen LogP contribution < -0.4 is 4.74 Å². The van der Waals surface area contributed by atoms with Crippen molar-refractivity contribution in [1.29, 1.82) is 0 Å². The van der Waals surface area contributed by atoms with Gasteiger partial charge in [0.2, 0.25) is 0 Å². The molecule has 1 aliphatic rings. The number of hydrogen-bond acceptors (Lipinski definition) is 7. The molecule has 1 heterocycles. The first-order valence-corrected chi connectivity index (χ1v) is 11.2. The van der Waals surface area contributed by atoms with Crippen molar-refractivity contribution in [2.45, 2.75) is 43.0 Å². The fraction of sp³-hybridized carbons (Fsp3) is 0.455. The number of thioether (sulfide) groups is 1. The minimum atomic E-state index is -0.609. The average molecular weight is 446 g/mol. The van der Waals surface area contributed by atoms with E-state index in [1.807, 2.05) is 60.9 Å². The monoisotopic (exact) mass is 445 g/mol. The third-order valence-corrected chi connectivity index (χ3v) is 5.95. The number of nitrogens with zero attached hydrogens (tertiary/aromatic N) is 3. The average Bonchev–Trinajstić information content (AvgIpc) is 2.83. The smallest absolute Gasteiger partial charge is 0.118 e. The molecule has 2 aromatic rings. The van der Waals surface area contributed by atoms with Crippen molar-refractivity contribution in [3.8, 4) is 5.75 Å². The molecule has 0 spiro atoms. The number of hydrogen-bond donors (Lipinski definition) is 1. The summed E-state index contributed by atoms with van der Waals surface area (Å²) in [6, 6.07) is 16.7. The van der Waals surface area contributed by atoms with Gasteiger partial charge in [-0.05, 0) is 35.0 Å². The maximum absolute atomic E-state index is 9.96. The predicted molar refractivity (Wildman–Crippen MR) is 119 cm³/mol. The second-order valence-corrected chi connectivity index (χ2v) is 7.98. The first kappa shape index (κ1) is 23.4. The van der Waals surface area contributed by atoms with Gasteiger partial charge >= 0.3 is 0 Å². The van der Waals surface area contributed by atoms with Gasteiger partial charge in [0.15, 0.2) is 0 Å². The fourth-order valence-corrected chi connectivity index (χ4v) is 4.23. The van der Waals surface area contributed by atoms with Crippen LogP contribution in [-0.4, -0.2) is 54.9 Å². The second-order valence-electron chi connectivity index (χ2n) is 7.04. The molecule has 3 rings (SSSR count). The van der Waals surface area contributed by atoms with Crippen LogP contribution in [0.25, 0.3) is 10.4 Å². The van der Waals surface area contributed by atoms with Crippen LogP contribution in [0.2, 0.25) is 0 Å². The Bertz CT molecular complexity index is 848. The van der Waals surface area contributed by atoms with Gasteiger partial charge in [-0.25, -0.2) is 0 Å². The van der Waals surface area contributed by atoms with Gasteiger partial charge in [-0.3, -0.25) is 0 Å². The quantitative estimate of drug-likeness (QED) is 0.337. The van der Waals surface area contributed by atoms with Crippen molar-refractivity contribution in [3.05, 3.63) is 76.2 Å². The molecule has 1 aliphatic heterocycles. The van der Waals surface area contributed by atoms with E-state index >= 15 is 0 Å². The van der Waals surface area contributed by atoms with Crippen LogP contribution in [-0.2, 0) is 27.4 Å². The van der Waals surface area contributed by atoms with Gasteiger partial charge in [-0.2, -0.15) is 0 Å². The van der Waals surface area contributed by atoms with E-state index in [0.717, 1.165) is 16.9 Å². The van der Waals surface area contributed by atoms with E-state index in [2.05, 4.69) is 10.0 Å². The van der Waals surface area contributed by atoms with Gasteiger partial charge in [-0.1, -0.05) is 47.6 Å². The van der Waals surface area contributed by atoms with E-state index < -0.39 is 29.8 Å². The molecule has 0 radical (unpaired) electrons. The van der Waals surface area contributed by atoms with Gasteiger partial charge < -0.3 is 24.1 Å². The first-order chi connectivity index (χ1) is 15.2. The maximum Gasteiger partial charge on any atom is 0.118 e. The predicted octanol–water partition coefficient (Wildman–Crippen LogP) is 3.92. The molecule has 2 aromatic carbocycles. The lowest BCUT2D eigenvalue weighted by Gasteiger charge is -2.44. The van der Waals surface area contributed by atoms with E-state index in [9.17, 15) is 5.11 Å². The van der Waals surface area contributed by atoms with Crippen LogP contribution in [0.15, 0.2) is 59.7 Å². The van der Waals surface area contributed by atoms with E-state index in [4.69, 9.17) is 24.5 Å². The lowest BCUT2D eigenvalue weighted by atomic mass is 9.98. The summed E-state index contributed by atoms with van der Waals surface area (Å²) in [7, 11) is 1.62. The van der Waals surface area contributed by atoms with Crippen molar-refractivity contribution in [2.75, 3.05) is 20.0 Å². The first-order valence-electron chi connectivity index (χ1n) is 9.93. The summed E-state index contributed by atoms with van der Waals surface area (Å²) in [5.74, 6) is 0.758. The molecule has 0 saturated carbocycles. The summed E-state index contributed by atoms with van der Waals surface area (Å²) in [4.78, 5) is 3.01. The summed E-state index contributed by atoms with van der Waals surface area (Å²) in [5.41, 5.74) is 10.6. The van der Waals surface area contributed by atoms with Crippen molar-refractivity contribution >= 4 is 11.8 Å². The number of ether oxygens (including phenoxy) is 4. The Morgan fingerprint density at radius 1 is 1.03 bits per heavy atom. The number of aliphatic hydroxyl groups is 1. The number of methoxy groups -OCH3 is 1. The highest BCUT2D eigenvalue weighted by molar-refractivity contribution is 7.99. The molecule has 1 N–H and O–H groups in total. The van der Waals surface area contributed by atoms with Gasteiger partial charge in [0.25, 0.3) is 0 Å². The van der Waals surface area contributed by atoms with Crippen LogP contribution >= 0.6 is 11.8 Å². The Labute approximate surface area is 186 Å². The normalized spacial score (nSPS) is 25.6. The van der Waals surface area contributed by atoms with Gasteiger partial charge in [-0.15, -0.1) is 11.8 Å². The molecule has 0 aliphatic carbocycles. The minimum absolute atomic E-state index is 0.234. The Morgan fingerprint density at radius 2 is 1.68 bits per heavy atom. The number of aliphatic hydroxyl groups excluding tert-OH is 1. The van der Waals surface area contributed by atoms with E-state index in [1.54, 1.807) is 7.11 Å². The van der Waals surface area contributed by atoms with E-state index in [-0.39, 0.29) is 13.2 Å². The van der Waals surface area contributed by atoms with Crippen LogP contribution in [0, 0.1) is 0 Å². The largest absolute Gasteiger partial charge is 0.497 e. The fourth-order valence-electron chi connectivity index (χ4n) is 3.49. The topological polar surface area (TPSA) is 106 Å². The standard InChI is InChI=1S/C22H27N3O5S/c1-27-17-10-8-16(9-11-17)14-29-21-19(24-25-23)22(31-2)30-18(12-26)20(21)28-13-15-6-4-3-5-7-15/h3-11,18-22,26H,12-14H2,1-2H3/t18-,19-,20-,21-,22+/m1/s1. The number of benzene rings is 2. The molecule has 1 saturated heterocycles. The molecular weight excluding hydrogens is 418 g/mol. The third kappa shape index (κ3) is 6.13. The molecule has 31 heavy (non-hydrogen) atoms. The van der Waals surface area contributed by atoms with Crippen LogP contribution in [0.1, 0.15) is 11.1 Å². The van der Waals surface area contributed by atoms with Crippen molar-refractivity contribution in [3.63, 3.8) is 0 Å².